The highest BCUT2D eigenvalue weighted by Crippen LogP contribution is 2.36. The highest BCUT2D eigenvalue weighted by molar-refractivity contribution is 9.10. The molecule has 0 radical (unpaired) electrons. The van der Waals surface area contributed by atoms with Crippen molar-refractivity contribution < 1.29 is 18.4 Å². The van der Waals surface area contributed by atoms with Gasteiger partial charge in [0.05, 0.1) is 5.69 Å². The van der Waals surface area contributed by atoms with E-state index >= 15 is 0 Å². The number of halogens is 1. The third-order valence-corrected chi connectivity index (χ3v) is 5.02. The van der Waals surface area contributed by atoms with Gasteiger partial charge in [-0.2, -0.15) is 8.42 Å². The van der Waals surface area contributed by atoms with Crippen LogP contribution in [-0.4, -0.2) is 25.9 Å². The van der Waals surface area contributed by atoms with Crippen LogP contribution in [0.2, 0.25) is 0 Å². The molecule has 3 rings (SSSR count). The number of rotatable bonds is 2. The molecule has 0 bridgehead atoms. The molecule has 0 aliphatic carbocycles. The molecule has 2 N–H and O–H groups in total. The van der Waals surface area contributed by atoms with E-state index in [1.54, 1.807) is 34.6 Å². The van der Waals surface area contributed by atoms with Gasteiger partial charge in [0.2, 0.25) is 0 Å². The van der Waals surface area contributed by atoms with Gasteiger partial charge in [-0.1, -0.05) is 15.9 Å². The number of hydroxylamine groups is 1. The van der Waals surface area contributed by atoms with Crippen LogP contribution in [0.25, 0.3) is 0 Å². The second kappa shape index (κ2) is 5.76. The SMILES string of the molecule is O=C(NO)c1ccc(N2C=NS(=O)(=O)c3cc(Br)ccc32)cc1. The molecule has 1 heterocycles. The Hall–Kier alpha value is -2.23. The van der Waals surface area contributed by atoms with Crippen molar-refractivity contribution in [2.24, 2.45) is 4.40 Å². The van der Waals surface area contributed by atoms with Crippen molar-refractivity contribution in [3.05, 3.63) is 52.5 Å². The van der Waals surface area contributed by atoms with Crippen LogP contribution in [0.15, 0.2) is 56.2 Å². The number of nitrogens with zero attached hydrogens (tertiary/aromatic N) is 2. The van der Waals surface area contributed by atoms with Crippen molar-refractivity contribution in [1.82, 2.24) is 5.48 Å². The summed E-state index contributed by atoms with van der Waals surface area (Å²) in [6.07, 6.45) is 1.21. The molecule has 0 aromatic heterocycles. The van der Waals surface area contributed by atoms with E-state index in [9.17, 15) is 13.2 Å². The number of fused-ring (bicyclic) bond motifs is 1. The van der Waals surface area contributed by atoms with Crippen molar-refractivity contribution in [3.63, 3.8) is 0 Å². The van der Waals surface area contributed by atoms with Gasteiger partial charge in [-0.05, 0) is 42.5 Å². The number of anilines is 2. The molecule has 0 saturated heterocycles. The second-order valence-corrected chi connectivity index (χ2v) is 7.18. The zero-order valence-electron chi connectivity index (χ0n) is 11.5. The first-order valence-electron chi connectivity index (χ1n) is 6.36. The molecular formula is C14H10BrN3O4S. The Morgan fingerprint density at radius 1 is 1.17 bits per heavy atom. The standard InChI is InChI=1S/C14H10BrN3O4S/c15-10-3-6-12-13(7-10)23(21,22)16-8-18(12)11-4-1-9(2-5-11)14(19)17-20/h1-8,20H,(H,17,19). The number of hydrogen-bond donors (Lipinski definition) is 2. The van der Waals surface area contributed by atoms with Crippen LogP contribution in [0.5, 0.6) is 0 Å². The van der Waals surface area contributed by atoms with Gasteiger partial charge in [0.25, 0.3) is 15.9 Å². The van der Waals surface area contributed by atoms with Crippen molar-refractivity contribution in [3.8, 4) is 0 Å². The molecule has 0 unspecified atom stereocenters. The highest BCUT2D eigenvalue weighted by atomic mass is 79.9. The van der Waals surface area contributed by atoms with Gasteiger partial charge in [0.15, 0.2) is 0 Å². The Balaban J connectivity index is 2.07. The third-order valence-electron chi connectivity index (χ3n) is 3.27. The van der Waals surface area contributed by atoms with E-state index in [1.165, 1.54) is 24.5 Å². The lowest BCUT2D eigenvalue weighted by Crippen LogP contribution is -2.23. The normalized spacial score (nSPS) is 15.1. The maximum Gasteiger partial charge on any atom is 0.285 e. The predicted molar refractivity (Wildman–Crippen MR) is 87.7 cm³/mol. The number of nitrogens with one attached hydrogen (secondary N) is 1. The first-order valence-corrected chi connectivity index (χ1v) is 8.59. The lowest BCUT2D eigenvalue weighted by molar-refractivity contribution is 0.0706. The van der Waals surface area contributed by atoms with Gasteiger partial charge in [0.1, 0.15) is 11.2 Å². The second-order valence-electron chi connectivity index (χ2n) is 4.67. The summed E-state index contributed by atoms with van der Waals surface area (Å²) in [5.74, 6) is -0.629. The molecule has 2 aromatic rings. The molecule has 9 heteroatoms. The monoisotopic (exact) mass is 395 g/mol. The highest BCUT2D eigenvalue weighted by Gasteiger charge is 2.26. The number of benzene rings is 2. The molecule has 118 valence electrons. The summed E-state index contributed by atoms with van der Waals surface area (Å²) >= 11 is 3.25. The number of amides is 1. The van der Waals surface area contributed by atoms with Gasteiger partial charge in [-0.3, -0.25) is 14.9 Å². The molecule has 0 fully saturated rings. The van der Waals surface area contributed by atoms with Crippen molar-refractivity contribution in [2.45, 2.75) is 4.90 Å². The lowest BCUT2D eigenvalue weighted by atomic mass is 10.1. The fourth-order valence-corrected chi connectivity index (χ4v) is 3.72. The molecule has 1 aliphatic heterocycles. The Morgan fingerprint density at radius 3 is 2.52 bits per heavy atom. The number of sulfonamides is 1. The summed E-state index contributed by atoms with van der Waals surface area (Å²) in [5, 5.41) is 8.62. The zero-order valence-corrected chi connectivity index (χ0v) is 13.9. The van der Waals surface area contributed by atoms with Gasteiger partial charge in [-0.25, -0.2) is 5.48 Å². The largest absolute Gasteiger partial charge is 0.299 e. The maximum atomic E-state index is 12.1. The van der Waals surface area contributed by atoms with E-state index in [0.29, 0.717) is 15.8 Å². The summed E-state index contributed by atoms with van der Waals surface area (Å²) in [4.78, 5) is 13.0. The van der Waals surface area contributed by atoms with Gasteiger partial charge in [0, 0.05) is 15.7 Å². The van der Waals surface area contributed by atoms with Crippen LogP contribution in [0.1, 0.15) is 10.4 Å². The van der Waals surface area contributed by atoms with Crippen LogP contribution in [0.3, 0.4) is 0 Å². The van der Waals surface area contributed by atoms with Crippen LogP contribution >= 0.6 is 15.9 Å². The Bertz CT molecular complexity index is 910. The third kappa shape index (κ3) is 2.85. The molecule has 0 atom stereocenters. The van der Waals surface area contributed by atoms with E-state index in [0.717, 1.165) is 0 Å². The minimum Gasteiger partial charge on any atom is -0.299 e. The van der Waals surface area contributed by atoms with Crippen LogP contribution < -0.4 is 10.4 Å². The summed E-state index contributed by atoms with van der Waals surface area (Å²) < 4.78 is 28.4. The first-order chi connectivity index (χ1) is 10.9. The minimum absolute atomic E-state index is 0.0894. The fourth-order valence-electron chi connectivity index (χ4n) is 2.17. The molecule has 2 aromatic carbocycles. The van der Waals surface area contributed by atoms with Crippen LogP contribution in [0, 0.1) is 0 Å². The molecule has 0 spiro atoms. The average Bonchev–Trinajstić information content (AvgIpc) is 2.55. The summed E-state index contributed by atoms with van der Waals surface area (Å²) in [6, 6.07) is 11.2. The van der Waals surface area contributed by atoms with Gasteiger partial charge < -0.3 is 0 Å². The Labute approximate surface area is 140 Å². The van der Waals surface area contributed by atoms with Gasteiger partial charge >= 0.3 is 0 Å². The summed E-state index contributed by atoms with van der Waals surface area (Å²) in [5.41, 5.74) is 2.91. The smallest absolute Gasteiger partial charge is 0.285 e. The van der Waals surface area contributed by atoms with Crippen LogP contribution in [-0.2, 0) is 10.0 Å². The van der Waals surface area contributed by atoms with Crippen molar-refractivity contribution in [2.75, 3.05) is 4.90 Å². The lowest BCUT2D eigenvalue weighted by Gasteiger charge is -2.25. The maximum absolute atomic E-state index is 12.1. The molecule has 0 saturated carbocycles. The zero-order chi connectivity index (χ0) is 16.6. The minimum atomic E-state index is -3.73. The quantitative estimate of drug-likeness (QED) is 0.600. The van der Waals surface area contributed by atoms with E-state index < -0.39 is 15.9 Å². The Morgan fingerprint density at radius 2 is 1.87 bits per heavy atom. The average molecular weight is 396 g/mol. The predicted octanol–water partition coefficient (Wildman–Crippen LogP) is 2.44. The Kier molecular flexibility index (Phi) is 3.92. The summed E-state index contributed by atoms with van der Waals surface area (Å²) in [6.45, 7) is 0. The van der Waals surface area contributed by atoms with E-state index in [2.05, 4.69) is 20.3 Å². The first kappa shape index (κ1) is 15.7. The van der Waals surface area contributed by atoms with Crippen molar-refractivity contribution >= 4 is 49.6 Å². The fraction of sp³-hybridized carbons (Fsp3) is 0. The number of carbonyl (C=O) groups excluding carboxylic acids is 1. The summed E-state index contributed by atoms with van der Waals surface area (Å²) in [7, 11) is -3.73. The molecule has 1 amide bonds. The molecule has 23 heavy (non-hydrogen) atoms. The number of hydrogen-bond acceptors (Lipinski definition) is 5. The number of carbonyl (C=O) groups is 1. The molecular weight excluding hydrogens is 386 g/mol. The van der Waals surface area contributed by atoms with Crippen LogP contribution in [0.4, 0.5) is 11.4 Å². The topological polar surface area (TPSA) is 99.1 Å². The van der Waals surface area contributed by atoms with E-state index in [-0.39, 0.29) is 10.5 Å². The van der Waals surface area contributed by atoms with E-state index in [4.69, 9.17) is 5.21 Å². The molecule has 1 aliphatic rings. The van der Waals surface area contributed by atoms with Gasteiger partial charge in [-0.15, -0.1) is 4.40 Å². The van der Waals surface area contributed by atoms with Crippen molar-refractivity contribution in [1.29, 1.82) is 0 Å². The van der Waals surface area contributed by atoms with E-state index in [1.807, 2.05) is 0 Å². The molecule has 7 nitrogen and oxygen atoms in total.